The zero-order chi connectivity index (χ0) is 16.7. The van der Waals surface area contributed by atoms with E-state index in [1.807, 2.05) is 0 Å². The largest absolute Gasteiger partial charge is 0.480 e. The number of carboxylic acids is 1. The van der Waals surface area contributed by atoms with E-state index >= 15 is 0 Å². The van der Waals surface area contributed by atoms with Crippen molar-refractivity contribution in [2.45, 2.75) is 37.4 Å². The lowest BCUT2D eigenvalue weighted by Gasteiger charge is -2.21. The molecule has 124 valence electrons. The molecule has 0 aliphatic carbocycles. The summed E-state index contributed by atoms with van der Waals surface area (Å²) >= 11 is 3.98. The Labute approximate surface area is 132 Å². The molecule has 3 atom stereocenters. The van der Waals surface area contributed by atoms with Crippen LogP contribution >= 0.6 is 12.6 Å². The lowest BCUT2D eigenvalue weighted by atomic mass is 10.1. The lowest BCUT2D eigenvalue weighted by molar-refractivity contribution is -0.143. The zero-order valence-electron chi connectivity index (χ0n) is 11.9. The SMILES string of the molecule is NC(=O)CC(NC(=O)C(CS)NC(=O)C1CCCN1)C(=O)O. The minimum Gasteiger partial charge on any atom is -0.480 e. The van der Waals surface area contributed by atoms with Gasteiger partial charge in [-0.1, -0.05) is 0 Å². The molecule has 1 rings (SSSR count). The summed E-state index contributed by atoms with van der Waals surface area (Å²) in [7, 11) is 0. The van der Waals surface area contributed by atoms with Crippen LogP contribution in [0.5, 0.6) is 0 Å². The Morgan fingerprint density at radius 1 is 1.27 bits per heavy atom. The number of amides is 3. The Morgan fingerprint density at radius 2 is 1.95 bits per heavy atom. The van der Waals surface area contributed by atoms with Crippen LogP contribution in [-0.2, 0) is 19.2 Å². The van der Waals surface area contributed by atoms with Crippen molar-refractivity contribution in [3.05, 3.63) is 0 Å². The molecule has 9 nitrogen and oxygen atoms in total. The Morgan fingerprint density at radius 3 is 2.41 bits per heavy atom. The summed E-state index contributed by atoms with van der Waals surface area (Å²) in [5, 5.41) is 16.6. The molecule has 6 N–H and O–H groups in total. The number of carbonyl (C=O) groups is 4. The smallest absolute Gasteiger partial charge is 0.326 e. The molecule has 22 heavy (non-hydrogen) atoms. The first kappa shape index (κ1) is 18.2. The van der Waals surface area contributed by atoms with Crippen molar-refractivity contribution in [2.75, 3.05) is 12.3 Å². The van der Waals surface area contributed by atoms with Crippen LogP contribution in [0.4, 0.5) is 0 Å². The van der Waals surface area contributed by atoms with Crippen molar-refractivity contribution in [1.82, 2.24) is 16.0 Å². The highest BCUT2D eigenvalue weighted by Crippen LogP contribution is 2.05. The maximum Gasteiger partial charge on any atom is 0.326 e. The number of aliphatic carboxylic acids is 1. The van der Waals surface area contributed by atoms with Crippen molar-refractivity contribution in [1.29, 1.82) is 0 Å². The maximum absolute atomic E-state index is 12.0. The third kappa shape index (κ3) is 5.53. The minimum absolute atomic E-state index is 0.00674. The Bertz CT molecular complexity index is 453. The van der Waals surface area contributed by atoms with Crippen molar-refractivity contribution >= 4 is 36.3 Å². The molecule has 0 aromatic rings. The van der Waals surface area contributed by atoms with Gasteiger partial charge in [0, 0.05) is 5.75 Å². The normalized spacial score (nSPS) is 20.0. The maximum atomic E-state index is 12.0. The topological polar surface area (TPSA) is 151 Å². The number of primary amides is 1. The highest BCUT2D eigenvalue weighted by Gasteiger charge is 2.29. The second-order valence-corrected chi connectivity index (χ2v) is 5.33. The van der Waals surface area contributed by atoms with E-state index in [9.17, 15) is 19.2 Å². The van der Waals surface area contributed by atoms with E-state index in [1.165, 1.54) is 0 Å². The van der Waals surface area contributed by atoms with Gasteiger partial charge in [0.2, 0.25) is 17.7 Å². The fourth-order valence-electron chi connectivity index (χ4n) is 2.05. The van der Waals surface area contributed by atoms with Gasteiger partial charge in [0.15, 0.2) is 0 Å². The molecule has 0 bridgehead atoms. The van der Waals surface area contributed by atoms with Crippen molar-refractivity contribution in [2.24, 2.45) is 5.73 Å². The highest BCUT2D eigenvalue weighted by molar-refractivity contribution is 7.80. The number of nitrogens with two attached hydrogens (primary N) is 1. The monoisotopic (exact) mass is 332 g/mol. The van der Waals surface area contributed by atoms with E-state index in [2.05, 4.69) is 28.6 Å². The van der Waals surface area contributed by atoms with Crippen LogP contribution in [0.15, 0.2) is 0 Å². The van der Waals surface area contributed by atoms with Gasteiger partial charge in [-0.3, -0.25) is 14.4 Å². The fraction of sp³-hybridized carbons (Fsp3) is 0.667. The van der Waals surface area contributed by atoms with Gasteiger partial charge in [-0.15, -0.1) is 0 Å². The molecule has 1 fully saturated rings. The average molecular weight is 332 g/mol. The standard InChI is InChI=1S/C12H20N4O5S/c13-9(17)4-7(12(20)21)15-11(19)8(5-22)16-10(18)6-2-1-3-14-6/h6-8,14,22H,1-5H2,(H2,13,17)(H,15,19)(H,16,18)(H,20,21). The summed E-state index contributed by atoms with van der Waals surface area (Å²) in [6.07, 6.45) is 1.01. The Kier molecular flexibility index (Phi) is 7.12. The van der Waals surface area contributed by atoms with Crippen molar-refractivity contribution < 1.29 is 24.3 Å². The molecule has 0 spiro atoms. The number of rotatable bonds is 8. The molecule has 0 saturated carbocycles. The summed E-state index contributed by atoms with van der Waals surface area (Å²) in [5.41, 5.74) is 4.93. The number of nitrogens with one attached hydrogen (secondary N) is 3. The first-order valence-corrected chi connectivity index (χ1v) is 7.44. The van der Waals surface area contributed by atoms with Crippen LogP contribution in [0, 0.1) is 0 Å². The molecule has 3 amide bonds. The van der Waals surface area contributed by atoms with Crippen LogP contribution in [0.3, 0.4) is 0 Å². The van der Waals surface area contributed by atoms with E-state index in [0.717, 1.165) is 13.0 Å². The third-order valence-electron chi connectivity index (χ3n) is 3.21. The number of hydrogen-bond acceptors (Lipinski definition) is 6. The van der Waals surface area contributed by atoms with E-state index in [-0.39, 0.29) is 17.7 Å². The number of carboxylic acid groups (broad SMARTS) is 1. The summed E-state index contributed by atoms with van der Waals surface area (Å²) in [6.45, 7) is 0.732. The molecule has 1 aliphatic heterocycles. The fourth-order valence-corrected chi connectivity index (χ4v) is 2.31. The van der Waals surface area contributed by atoms with Crippen molar-refractivity contribution in [3.8, 4) is 0 Å². The minimum atomic E-state index is -1.44. The van der Waals surface area contributed by atoms with Gasteiger partial charge in [-0.2, -0.15) is 12.6 Å². The average Bonchev–Trinajstić information content (AvgIpc) is 2.97. The van der Waals surface area contributed by atoms with E-state index < -0.39 is 36.3 Å². The predicted molar refractivity (Wildman–Crippen MR) is 80.2 cm³/mol. The lowest BCUT2D eigenvalue weighted by Crippen LogP contribution is -2.55. The summed E-state index contributed by atoms with van der Waals surface area (Å²) < 4.78 is 0. The molecular formula is C12H20N4O5S. The first-order valence-electron chi connectivity index (χ1n) is 6.81. The van der Waals surface area contributed by atoms with Crippen LogP contribution in [0.2, 0.25) is 0 Å². The summed E-state index contributed by atoms with van der Waals surface area (Å²) in [4.78, 5) is 45.7. The van der Waals surface area contributed by atoms with E-state index in [0.29, 0.717) is 6.42 Å². The van der Waals surface area contributed by atoms with Gasteiger partial charge in [0.25, 0.3) is 0 Å². The Hall–Kier alpha value is -1.81. The molecule has 0 radical (unpaired) electrons. The quantitative estimate of drug-likeness (QED) is 0.273. The van der Waals surface area contributed by atoms with E-state index in [4.69, 9.17) is 10.8 Å². The number of hydrogen-bond donors (Lipinski definition) is 6. The van der Waals surface area contributed by atoms with Gasteiger partial charge >= 0.3 is 5.97 Å². The first-order chi connectivity index (χ1) is 10.3. The molecular weight excluding hydrogens is 312 g/mol. The van der Waals surface area contributed by atoms with E-state index in [1.54, 1.807) is 0 Å². The van der Waals surface area contributed by atoms with Gasteiger partial charge in [0.05, 0.1) is 12.5 Å². The van der Waals surface area contributed by atoms with Gasteiger partial charge in [-0.05, 0) is 19.4 Å². The molecule has 10 heteroatoms. The third-order valence-corrected chi connectivity index (χ3v) is 3.58. The van der Waals surface area contributed by atoms with Crippen LogP contribution < -0.4 is 21.7 Å². The molecule has 3 unspecified atom stereocenters. The predicted octanol–water partition coefficient (Wildman–Crippen LogP) is -2.40. The van der Waals surface area contributed by atoms with Crippen LogP contribution in [0.25, 0.3) is 0 Å². The van der Waals surface area contributed by atoms with Gasteiger partial charge in [0.1, 0.15) is 12.1 Å². The van der Waals surface area contributed by atoms with Crippen molar-refractivity contribution in [3.63, 3.8) is 0 Å². The van der Waals surface area contributed by atoms with Gasteiger partial charge < -0.3 is 26.8 Å². The number of thiol groups is 1. The molecule has 0 aromatic carbocycles. The Balaban J connectivity index is 2.60. The molecule has 1 heterocycles. The second-order valence-electron chi connectivity index (χ2n) is 4.96. The van der Waals surface area contributed by atoms with Gasteiger partial charge in [-0.25, -0.2) is 4.79 Å². The molecule has 0 aromatic heterocycles. The highest BCUT2D eigenvalue weighted by atomic mass is 32.1. The van der Waals surface area contributed by atoms with Crippen LogP contribution in [-0.4, -0.2) is 59.2 Å². The summed E-state index contributed by atoms with van der Waals surface area (Å²) in [5.74, 6) is -3.31. The second kappa shape index (κ2) is 8.59. The number of carbonyl (C=O) groups excluding carboxylic acids is 3. The molecule has 1 saturated heterocycles. The zero-order valence-corrected chi connectivity index (χ0v) is 12.8. The summed E-state index contributed by atoms with van der Waals surface area (Å²) in [6, 6.07) is -2.79. The van der Waals surface area contributed by atoms with Crippen LogP contribution in [0.1, 0.15) is 19.3 Å². The molecule has 1 aliphatic rings.